The molecule has 0 saturated carbocycles. The number of hydrogen-bond acceptors (Lipinski definition) is 3. The lowest BCUT2D eigenvalue weighted by atomic mass is 10.0. The van der Waals surface area contributed by atoms with Crippen LogP contribution in [0.4, 0.5) is 0 Å². The maximum atomic E-state index is 11.2. The Bertz CT molecular complexity index is 595. The maximum Gasteiger partial charge on any atom is 0.343 e. The first kappa shape index (κ1) is 12.7. The molecule has 0 fully saturated rings. The molecule has 0 bridgehead atoms. The summed E-state index contributed by atoms with van der Waals surface area (Å²) < 4.78 is 5.35. The van der Waals surface area contributed by atoms with Crippen molar-refractivity contribution < 1.29 is 19.7 Å². The molecule has 18 heavy (non-hydrogen) atoms. The number of halogens is 1. The van der Waals surface area contributed by atoms with Crippen LogP contribution in [0.1, 0.15) is 10.4 Å². The largest absolute Gasteiger partial charge is 0.506 e. The summed E-state index contributed by atoms with van der Waals surface area (Å²) in [6.07, 6.45) is 0. The first-order valence-electron chi connectivity index (χ1n) is 5.32. The standard InChI is InChI=1S/C13H11BrO4/c14-5-6-18-10-7-8-3-1-2-4-9(8)12(15)11(10)13(16)17/h1-4,7,15H,5-6H2,(H,16,17). The molecule has 0 aliphatic heterocycles. The summed E-state index contributed by atoms with van der Waals surface area (Å²) in [4.78, 5) is 11.2. The Labute approximate surface area is 112 Å². The molecule has 0 amide bonds. The van der Waals surface area contributed by atoms with Crippen LogP contribution in [0.15, 0.2) is 30.3 Å². The van der Waals surface area contributed by atoms with Gasteiger partial charge in [-0.2, -0.15) is 0 Å². The van der Waals surface area contributed by atoms with Crippen molar-refractivity contribution in [3.63, 3.8) is 0 Å². The average Bonchev–Trinajstić information content (AvgIpc) is 2.36. The first-order valence-corrected chi connectivity index (χ1v) is 6.44. The monoisotopic (exact) mass is 310 g/mol. The number of phenols is 1. The normalized spacial score (nSPS) is 10.5. The molecule has 0 heterocycles. The molecule has 2 rings (SSSR count). The van der Waals surface area contributed by atoms with Crippen molar-refractivity contribution in [2.75, 3.05) is 11.9 Å². The summed E-state index contributed by atoms with van der Waals surface area (Å²) in [5.74, 6) is -1.29. The molecule has 0 saturated heterocycles. The minimum absolute atomic E-state index is 0.179. The minimum atomic E-state index is -1.21. The van der Waals surface area contributed by atoms with E-state index in [9.17, 15) is 9.90 Å². The number of alkyl halides is 1. The molecule has 0 aliphatic rings. The number of hydrogen-bond donors (Lipinski definition) is 2. The van der Waals surface area contributed by atoms with Crippen LogP contribution in [0.2, 0.25) is 0 Å². The number of carboxylic acid groups (broad SMARTS) is 1. The molecule has 0 aromatic heterocycles. The summed E-state index contributed by atoms with van der Waals surface area (Å²) in [5.41, 5.74) is -0.199. The van der Waals surface area contributed by atoms with Crippen LogP contribution in [0.25, 0.3) is 10.8 Å². The molecule has 5 heteroatoms. The Morgan fingerprint density at radius 1 is 1.33 bits per heavy atom. The van der Waals surface area contributed by atoms with E-state index >= 15 is 0 Å². The topological polar surface area (TPSA) is 66.8 Å². The molecule has 4 nitrogen and oxygen atoms in total. The van der Waals surface area contributed by atoms with Crippen molar-refractivity contribution in [3.8, 4) is 11.5 Å². The quantitative estimate of drug-likeness (QED) is 0.852. The van der Waals surface area contributed by atoms with Gasteiger partial charge in [0.2, 0.25) is 0 Å². The van der Waals surface area contributed by atoms with E-state index in [1.165, 1.54) is 0 Å². The van der Waals surface area contributed by atoms with E-state index in [0.29, 0.717) is 17.3 Å². The molecule has 94 valence electrons. The predicted molar refractivity (Wildman–Crippen MR) is 71.9 cm³/mol. The molecule has 2 N–H and O–H groups in total. The zero-order valence-electron chi connectivity index (χ0n) is 9.39. The molecular formula is C13H11BrO4. The maximum absolute atomic E-state index is 11.2. The Hall–Kier alpha value is -1.75. The van der Waals surface area contributed by atoms with Crippen molar-refractivity contribution in [2.24, 2.45) is 0 Å². The number of ether oxygens (including phenoxy) is 1. The van der Waals surface area contributed by atoms with Crippen LogP contribution in [0, 0.1) is 0 Å². The highest BCUT2D eigenvalue weighted by atomic mass is 79.9. The number of carbonyl (C=O) groups is 1. The van der Waals surface area contributed by atoms with Gasteiger partial charge >= 0.3 is 5.97 Å². The number of carboxylic acids is 1. The summed E-state index contributed by atoms with van der Waals surface area (Å²) >= 11 is 3.20. The molecule has 2 aromatic carbocycles. The van der Waals surface area contributed by atoms with E-state index in [-0.39, 0.29) is 17.1 Å². The number of rotatable bonds is 4. The fourth-order valence-electron chi connectivity index (χ4n) is 1.77. The van der Waals surface area contributed by atoms with Crippen molar-refractivity contribution in [2.45, 2.75) is 0 Å². The van der Waals surface area contributed by atoms with Gasteiger partial charge in [-0.1, -0.05) is 40.2 Å². The summed E-state index contributed by atoms with van der Waals surface area (Å²) in [7, 11) is 0. The SMILES string of the molecule is O=C(O)c1c(OCCBr)cc2ccccc2c1O. The summed E-state index contributed by atoms with van der Waals surface area (Å²) in [6, 6.07) is 8.65. The van der Waals surface area contributed by atoms with E-state index in [4.69, 9.17) is 9.84 Å². The third-order valence-electron chi connectivity index (χ3n) is 2.53. The van der Waals surface area contributed by atoms with Gasteiger partial charge in [0.25, 0.3) is 0 Å². The van der Waals surface area contributed by atoms with E-state index in [0.717, 1.165) is 5.39 Å². The van der Waals surface area contributed by atoms with Gasteiger partial charge in [-0.05, 0) is 11.5 Å². The van der Waals surface area contributed by atoms with Gasteiger partial charge in [0, 0.05) is 10.7 Å². The zero-order chi connectivity index (χ0) is 13.1. The summed E-state index contributed by atoms with van der Waals surface area (Å²) in [6.45, 7) is 0.331. The third kappa shape index (κ3) is 2.26. The van der Waals surface area contributed by atoms with Gasteiger partial charge < -0.3 is 14.9 Å². The molecule has 0 atom stereocenters. The Morgan fingerprint density at radius 2 is 2.06 bits per heavy atom. The molecular weight excluding hydrogens is 300 g/mol. The van der Waals surface area contributed by atoms with Crippen LogP contribution < -0.4 is 4.74 Å². The number of fused-ring (bicyclic) bond motifs is 1. The second-order valence-corrected chi connectivity index (χ2v) is 4.46. The van der Waals surface area contributed by atoms with Gasteiger partial charge in [-0.15, -0.1) is 0 Å². The van der Waals surface area contributed by atoms with E-state index < -0.39 is 5.97 Å². The van der Waals surface area contributed by atoms with Crippen LogP contribution in [0.3, 0.4) is 0 Å². The molecule has 0 spiro atoms. The van der Waals surface area contributed by atoms with E-state index in [1.807, 2.05) is 6.07 Å². The molecule has 0 radical (unpaired) electrons. The van der Waals surface area contributed by atoms with Crippen molar-refractivity contribution in [1.82, 2.24) is 0 Å². The van der Waals surface area contributed by atoms with Gasteiger partial charge in [-0.3, -0.25) is 0 Å². The van der Waals surface area contributed by atoms with Gasteiger partial charge in [0.05, 0.1) is 6.61 Å². The fourth-order valence-corrected chi connectivity index (χ4v) is 1.93. The molecule has 2 aromatic rings. The molecule has 0 aliphatic carbocycles. The van der Waals surface area contributed by atoms with Crippen LogP contribution in [-0.2, 0) is 0 Å². The van der Waals surface area contributed by atoms with Gasteiger partial charge in [0.1, 0.15) is 17.1 Å². The second-order valence-electron chi connectivity index (χ2n) is 3.66. The van der Waals surface area contributed by atoms with Crippen molar-refractivity contribution in [3.05, 3.63) is 35.9 Å². The Morgan fingerprint density at radius 3 is 2.72 bits per heavy atom. The lowest BCUT2D eigenvalue weighted by Crippen LogP contribution is -2.05. The number of benzene rings is 2. The third-order valence-corrected chi connectivity index (χ3v) is 2.86. The smallest absolute Gasteiger partial charge is 0.343 e. The van der Waals surface area contributed by atoms with E-state index in [1.54, 1.807) is 24.3 Å². The van der Waals surface area contributed by atoms with Crippen LogP contribution >= 0.6 is 15.9 Å². The summed E-state index contributed by atoms with van der Waals surface area (Å²) in [5, 5.41) is 21.0. The Kier molecular flexibility index (Phi) is 3.72. The van der Waals surface area contributed by atoms with Gasteiger partial charge in [0.15, 0.2) is 0 Å². The highest BCUT2D eigenvalue weighted by Gasteiger charge is 2.19. The lowest BCUT2D eigenvalue weighted by Gasteiger charge is -2.12. The van der Waals surface area contributed by atoms with Crippen LogP contribution in [0.5, 0.6) is 11.5 Å². The average molecular weight is 311 g/mol. The predicted octanol–water partition coefficient (Wildman–Crippen LogP) is 3.02. The minimum Gasteiger partial charge on any atom is -0.506 e. The highest BCUT2D eigenvalue weighted by molar-refractivity contribution is 9.09. The number of aromatic carboxylic acids is 1. The van der Waals surface area contributed by atoms with Gasteiger partial charge in [-0.25, -0.2) is 4.79 Å². The number of aromatic hydroxyl groups is 1. The van der Waals surface area contributed by atoms with Crippen molar-refractivity contribution >= 4 is 32.7 Å². The van der Waals surface area contributed by atoms with Crippen LogP contribution in [-0.4, -0.2) is 28.1 Å². The first-order chi connectivity index (χ1) is 8.65. The zero-order valence-corrected chi connectivity index (χ0v) is 11.0. The van der Waals surface area contributed by atoms with E-state index in [2.05, 4.69) is 15.9 Å². The highest BCUT2D eigenvalue weighted by Crippen LogP contribution is 2.36. The van der Waals surface area contributed by atoms with Crippen molar-refractivity contribution in [1.29, 1.82) is 0 Å². The fraction of sp³-hybridized carbons (Fsp3) is 0.154. The Balaban J connectivity index is 2.67. The molecule has 0 unspecified atom stereocenters. The lowest BCUT2D eigenvalue weighted by molar-refractivity contribution is 0.0689. The second kappa shape index (κ2) is 5.27.